The molecule has 0 bridgehead atoms. The number of benzene rings is 2. The van der Waals surface area contributed by atoms with Gasteiger partial charge in [-0.3, -0.25) is 4.90 Å². The van der Waals surface area contributed by atoms with E-state index in [1.54, 1.807) is 12.1 Å². The van der Waals surface area contributed by atoms with E-state index in [9.17, 15) is 5.11 Å². The van der Waals surface area contributed by atoms with E-state index in [-0.39, 0.29) is 0 Å². The topological polar surface area (TPSA) is 41.9 Å². The fourth-order valence-electron chi connectivity index (χ4n) is 3.39. The first-order valence-electron chi connectivity index (χ1n) is 8.16. The second-order valence-electron chi connectivity index (χ2n) is 6.25. The molecule has 0 saturated heterocycles. The van der Waals surface area contributed by atoms with Crippen molar-refractivity contribution in [1.82, 2.24) is 4.90 Å². The van der Waals surface area contributed by atoms with Crippen LogP contribution in [0.15, 0.2) is 36.4 Å². The molecule has 1 atom stereocenters. The predicted molar refractivity (Wildman–Crippen MR) is 88.1 cm³/mol. The highest BCUT2D eigenvalue weighted by atomic mass is 16.5. The van der Waals surface area contributed by atoms with Gasteiger partial charge in [-0.2, -0.15) is 0 Å². The van der Waals surface area contributed by atoms with E-state index in [2.05, 4.69) is 24.0 Å². The Hall–Kier alpha value is -2.20. The molecule has 1 unspecified atom stereocenters. The van der Waals surface area contributed by atoms with Crippen LogP contribution in [-0.4, -0.2) is 29.9 Å². The Balaban J connectivity index is 1.62. The van der Waals surface area contributed by atoms with Crippen LogP contribution < -0.4 is 9.47 Å². The first kappa shape index (κ1) is 14.4. The third-order valence-electron chi connectivity index (χ3n) is 4.79. The first-order chi connectivity index (χ1) is 11.2. The molecule has 2 aromatic carbocycles. The van der Waals surface area contributed by atoms with Crippen molar-refractivity contribution in [2.75, 3.05) is 19.9 Å². The Kier molecular flexibility index (Phi) is 3.62. The van der Waals surface area contributed by atoms with Crippen molar-refractivity contribution in [1.29, 1.82) is 0 Å². The molecule has 4 heteroatoms. The highest BCUT2D eigenvalue weighted by Crippen LogP contribution is 2.41. The summed E-state index contributed by atoms with van der Waals surface area (Å²) in [6.45, 7) is 5.32. The number of ether oxygens (including phenoxy) is 2. The zero-order chi connectivity index (χ0) is 15.8. The number of phenolic OH excluding ortho intramolecular Hbond substituents is 1. The maximum absolute atomic E-state index is 9.44. The van der Waals surface area contributed by atoms with Crippen LogP contribution in [0.3, 0.4) is 0 Å². The van der Waals surface area contributed by atoms with Crippen molar-refractivity contribution in [3.8, 4) is 17.2 Å². The number of hydrogen-bond donors (Lipinski definition) is 1. The highest BCUT2D eigenvalue weighted by Gasteiger charge is 2.28. The molecule has 4 rings (SSSR count). The molecule has 1 N–H and O–H groups in total. The van der Waals surface area contributed by atoms with Crippen LogP contribution in [0.1, 0.15) is 29.5 Å². The summed E-state index contributed by atoms with van der Waals surface area (Å²) in [4.78, 5) is 2.26. The lowest BCUT2D eigenvalue weighted by Gasteiger charge is -2.33. The molecule has 2 aromatic rings. The largest absolute Gasteiger partial charge is 0.508 e. The number of aromatic hydroxyl groups is 1. The quantitative estimate of drug-likeness (QED) is 0.924. The van der Waals surface area contributed by atoms with Gasteiger partial charge in [0.15, 0.2) is 0 Å². The number of fused-ring (bicyclic) bond motifs is 3. The van der Waals surface area contributed by atoms with Crippen LogP contribution in [0.4, 0.5) is 0 Å². The zero-order valence-electron chi connectivity index (χ0n) is 13.3. The molecule has 2 aliphatic rings. The normalized spacial score (nSPS) is 20.1. The molecule has 4 nitrogen and oxygen atoms in total. The van der Waals surface area contributed by atoms with E-state index in [0.717, 1.165) is 31.0 Å². The van der Waals surface area contributed by atoms with Gasteiger partial charge in [0, 0.05) is 12.5 Å². The van der Waals surface area contributed by atoms with Gasteiger partial charge in [-0.05, 0) is 42.3 Å². The molecule has 0 spiro atoms. The molecule has 0 amide bonds. The van der Waals surface area contributed by atoms with Gasteiger partial charge < -0.3 is 14.6 Å². The zero-order valence-corrected chi connectivity index (χ0v) is 13.3. The van der Waals surface area contributed by atoms with Crippen molar-refractivity contribution in [2.24, 2.45) is 0 Å². The smallest absolute Gasteiger partial charge is 0.142 e. The molecule has 0 fully saturated rings. The Labute approximate surface area is 136 Å². The summed E-state index contributed by atoms with van der Waals surface area (Å²) in [5.74, 6) is 2.59. The number of phenols is 1. The summed E-state index contributed by atoms with van der Waals surface area (Å²) in [5.41, 5.74) is 3.63. The second kappa shape index (κ2) is 5.78. The lowest BCUT2D eigenvalue weighted by atomic mass is 9.89. The maximum Gasteiger partial charge on any atom is 0.142 e. The van der Waals surface area contributed by atoms with Crippen molar-refractivity contribution in [2.45, 2.75) is 25.8 Å². The minimum absolute atomic E-state index is 0.303. The van der Waals surface area contributed by atoms with Gasteiger partial charge in [0.05, 0.1) is 12.2 Å². The number of nitrogens with zero attached hydrogens (tertiary/aromatic N) is 1. The molecule has 2 heterocycles. The molecule has 23 heavy (non-hydrogen) atoms. The van der Waals surface area contributed by atoms with Gasteiger partial charge in [-0.25, -0.2) is 0 Å². The summed E-state index contributed by atoms with van der Waals surface area (Å²) in [5, 5.41) is 9.44. The van der Waals surface area contributed by atoms with Gasteiger partial charge in [0.2, 0.25) is 0 Å². The molecule has 0 aliphatic carbocycles. The average Bonchev–Trinajstić information content (AvgIpc) is 2.61. The number of hydrogen-bond acceptors (Lipinski definition) is 4. The Bertz CT molecular complexity index is 711. The van der Waals surface area contributed by atoms with E-state index in [0.29, 0.717) is 25.0 Å². The Morgan fingerprint density at radius 3 is 2.74 bits per heavy atom. The lowest BCUT2D eigenvalue weighted by Crippen LogP contribution is -2.33. The van der Waals surface area contributed by atoms with Gasteiger partial charge in [-0.1, -0.05) is 25.1 Å². The highest BCUT2D eigenvalue weighted by molar-refractivity contribution is 5.52. The van der Waals surface area contributed by atoms with E-state index in [1.807, 2.05) is 12.1 Å². The Morgan fingerprint density at radius 2 is 1.96 bits per heavy atom. The van der Waals surface area contributed by atoms with Crippen LogP contribution >= 0.6 is 0 Å². The summed E-state index contributed by atoms with van der Waals surface area (Å²) in [7, 11) is 0. The summed E-state index contributed by atoms with van der Waals surface area (Å²) in [6, 6.07) is 11.6. The summed E-state index contributed by atoms with van der Waals surface area (Å²) >= 11 is 0. The van der Waals surface area contributed by atoms with Gasteiger partial charge >= 0.3 is 0 Å². The Morgan fingerprint density at radius 1 is 1.13 bits per heavy atom. The van der Waals surface area contributed by atoms with Crippen LogP contribution in [0.2, 0.25) is 0 Å². The molecule has 0 aromatic heterocycles. The van der Waals surface area contributed by atoms with E-state index in [4.69, 9.17) is 9.47 Å². The van der Waals surface area contributed by atoms with E-state index in [1.165, 1.54) is 16.7 Å². The fraction of sp³-hybridized carbons (Fsp3) is 0.368. The van der Waals surface area contributed by atoms with E-state index < -0.39 is 0 Å². The molecule has 0 radical (unpaired) electrons. The molecular formula is C19H21NO3. The first-order valence-corrected chi connectivity index (χ1v) is 8.16. The van der Waals surface area contributed by atoms with Crippen LogP contribution in [0, 0.1) is 0 Å². The summed E-state index contributed by atoms with van der Waals surface area (Å²) in [6.07, 6.45) is 0.958. The lowest BCUT2D eigenvalue weighted by molar-refractivity contribution is 0.0971. The standard InChI is InChI=1S/C19H21NO3/c1-2-20-10-17-18(23-12-20)8-5-14-9-15(11-22-19(14)17)13-3-6-16(21)7-4-13/h3-8,15,21H,2,9-12H2,1H3. The number of rotatable bonds is 2. The third-order valence-corrected chi connectivity index (χ3v) is 4.79. The van der Waals surface area contributed by atoms with Gasteiger partial charge in [0.1, 0.15) is 24.0 Å². The molecular weight excluding hydrogens is 290 g/mol. The van der Waals surface area contributed by atoms with Gasteiger partial charge in [0.25, 0.3) is 0 Å². The van der Waals surface area contributed by atoms with Crippen LogP contribution in [0.5, 0.6) is 17.2 Å². The predicted octanol–water partition coefficient (Wildman–Crippen LogP) is 3.28. The molecule has 2 aliphatic heterocycles. The molecule has 120 valence electrons. The third kappa shape index (κ3) is 2.63. The monoisotopic (exact) mass is 311 g/mol. The fourth-order valence-corrected chi connectivity index (χ4v) is 3.39. The summed E-state index contributed by atoms with van der Waals surface area (Å²) < 4.78 is 12.0. The average molecular weight is 311 g/mol. The maximum atomic E-state index is 9.44. The SMILES string of the molecule is CCN1COc2ccc3c(c2C1)OCC(c1ccc(O)cc1)C3. The van der Waals surface area contributed by atoms with Crippen LogP contribution in [0.25, 0.3) is 0 Å². The van der Waals surface area contributed by atoms with Crippen molar-refractivity contribution >= 4 is 0 Å². The van der Waals surface area contributed by atoms with Crippen LogP contribution in [-0.2, 0) is 13.0 Å². The van der Waals surface area contributed by atoms with Crippen molar-refractivity contribution in [3.05, 3.63) is 53.1 Å². The van der Waals surface area contributed by atoms with Gasteiger partial charge in [-0.15, -0.1) is 0 Å². The van der Waals surface area contributed by atoms with E-state index >= 15 is 0 Å². The minimum atomic E-state index is 0.303. The molecule has 0 saturated carbocycles. The second-order valence-corrected chi connectivity index (χ2v) is 6.25. The minimum Gasteiger partial charge on any atom is -0.508 e. The van der Waals surface area contributed by atoms with Crippen molar-refractivity contribution < 1.29 is 14.6 Å². The van der Waals surface area contributed by atoms with Crippen molar-refractivity contribution in [3.63, 3.8) is 0 Å².